The molecule has 0 bridgehead atoms. The van der Waals surface area contributed by atoms with E-state index in [2.05, 4.69) is 21.2 Å². The van der Waals surface area contributed by atoms with Crippen LogP contribution in [-0.2, 0) is 0 Å². The van der Waals surface area contributed by atoms with E-state index in [0.29, 0.717) is 12.0 Å². The Morgan fingerprint density at radius 2 is 2.00 bits per heavy atom. The van der Waals surface area contributed by atoms with Gasteiger partial charge in [-0.05, 0) is 30.7 Å². The van der Waals surface area contributed by atoms with Crippen LogP contribution in [-0.4, -0.2) is 23.2 Å². The zero-order valence-electron chi connectivity index (χ0n) is 9.90. The van der Waals surface area contributed by atoms with Crippen molar-refractivity contribution in [3.63, 3.8) is 0 Å². The molecular weight excluding hydrogens is 282 g/mol. The lowest BCUT2D eigenvalue weighted by Crippen LogP contribution is -2.61. The van der Waals surface area contributed by atoms with Gasteiger partial charge in [0.25, 0.3) is 5.91 Å². The first kappa shape index (κ1) is 12.6. The summed E-state index contributed by atoms with van der Waals surface area (Å²) in [5, 5.41) is 12.6. The van der Waals surface area contributed by atoms with Crippen LogP contribution in [0.5, 0.6) is 0 Å². The average molecular weight is 298 g/mol. The van der Waals surface area contributed by atoms with Gasteiger partial charge in [0.1, 0.15) is 0 Å². The molecule has 1 aliphatic rings. The summed E-state index contributed by atoms with van der Waals surface area (Å²) in [6.45, 7) is 3.93. The highest BCUT2D eigenvalue weighted by Crippen LogP contribution is 2.40. The molecule has 0 saturated heterocycles. The van der Waals surface area contributed by atoms with Crippen LogP contribution in [0.15, 0.2) is 28.7 Å². The number of aliphatic hydroxyl groups is 1. The molecule has 92 valence electrons. The van der Waals surface area contributed by atoms with E-state index in [4.69, 9.17) is 0 Å². The second-order valence-corrected chi connectivity index (χ2v) is 6.02. The number of halogens is 1. The highest BCUT2D eigenvalue weighted by molar-refractivity contribution is 9.10. The molecule has 4 heteroatoms. The predicted molar refractivity (Wildman–Crippen MR) is 69.8 cm³/mol. The van der Waals surface area contributed by atoms with Gasteiger partial charge in [0.15, 0.2) is 0 Å². The Morgan fingerprint density at radius 3 is 2.47 bits per heavy atom. The molecule has 1 aliphatic carbocycles. The third-order valence-corrected chi connectivity index (χ3v) is 4.16. The average Bonchev–Trinajstić information content (AvgIpc) is 2.29. The number of carbonyl (C=O) groups excluding carboxylic acids is 1. The van der Waals surface area contributed by atoms with Crippen LogP contribution < -0.4 is 5.32 Å². The second kappa shape index (κ2) is 4.42. The molecule has 0 heterocycles. The Labute approximate surface area is 109 Å². The number of hydrogen-bond donors (Lipinski definition) is 2. The number of rotatable bonds is 2. The van der Waals surface area contributed by atoms with Gasteiger partial charge in [0, 0.05) is 21.5 Å². The number of aliphatic hydroxyl groups excluding tert-OH is 1. The van der Waals surface area contributed by atoms with Gasteiger partial charge in [0.05, 0.1) is 6.10 Å². The summed E-state index contributed by atoms with van der Waals surface area (Å²) < 4.78 is 0.952. The Balaban J connectivity index is 2.01. The summed E-state index contributed by atoms with van der Waals surface area (Å²) in [4.78, 5) is 11.9. The minimum absolute atomic E-state index is 0.0497. The van der Waals surface area contributed by atoms with Gasteiger partial charge in [-0.25, -0.2) is 0 Å². The van der Waals surface area contributed by atoms with E-state index in [0.717, 1.165) is 4.47 Å². The van der Waals surface area contributed by atoms with Crippen LogP contribution >= 0.6 is 15.9 Å². The van der Waals surface area contributed by atoms with E-state index in [1.807, 2.05) is 26.0 Å². The summed E-state index contributed by atoms with van der Waals surface area (Å²) in [6.07, 6.45) is 0.313. The molecule has 2 atom stereocenters. The Morgan fingerprint density at radius 1 is 1.41 bits per heavy atom. The summed E-state index contributed by atoms with van der Waals surface area (Å²) in [5.74, 6) is -0.0810. The van der Waals surface area contributed by atoms with Crippen LogP contribution in [0.1, 0.15) is 30.6 Å². The summed E-state index contributed by atoms with van der Waals surface area (Å²) in [5.41, 5.74) is 0.413. The van der Waals surface area contributed by atoms with Gasteiger partial charge in [-0.2, -0.15) is 0 Å². The van der Waals surface area contributed by atoms with E-state index in [9.17, 15) is 9.90 Å². The first-order valence-electron chi connectivity index (χ1n) is 5.66. The van der Waals surface area contributed by atoms with Crippen LogP contribution in [0.2, 0.25) is 0 Å². The molecule has 1 amide bonds. The molecule has 1 saturated carbocycles. The van der Waals surface area contributed by atoms with E-state index >= 15 is 0 Å². The van der Waals surface area contributed by atoms with Crippen molar-refractivity contribution >= 4 is 21.8 Å². The molecule has 1 fully saturated rings. The van der Waals surface area contributed by atoms with E-state index in [1.165, 1.54) is 0 Å². The Kier molecular flexibility index (Phi) is 3.27. The van der Waals surface area contributed by atoms with Gasteiger partial charge >= 0.3 is 0 Å². The number of benzene rings is 1. The zero-order valence-corrected chi connectivity index (χ0v) is 11.5. The Hall–Kier alpha value is -0.870. The van der Waals surface area contributed by atoms with Gasteiger partial charge in [-0.3, -0.25) is 4.79 Å². The van der Waals surface area contributed by atoms with Crippen molar-refractivity contribution in [2.45, 2.75) is 32.4 Å². The predicted octanol–water partition coefficient (Wildman–Crippen LogP) is 2.34. The monoisotopic (exact) mass is 297 g/mol. The Bertz CT molecular complexity index is 428. The lowest BCUT2D eigenvalue weighted by Gasteiger charge is -2.49. The fraction of sp³-hybridized carbons (Fsp3) is 0.462. The summed E-state index contributed by atoms with van der Waals surface area (Å²) in [6, 6.07) is 7.29. The lowest BCUT2D eigenvalue weighted by atomic mass is 9.64. The topological polar surface area (TPSA) is 49.3 Å². The minimum atomic E-state index is -0.322. The second-order valence-electron chi connectivity index (χ2n) is 5.11. The highest BCUT2D eigenvalue weighted by Gasteiger charge is 2.47. The maximum Gasteiger partial charge on any atom is 0.251 e. The molecule has 3 nitrogen and oxygen atoms in total. The van der Waals surface area contributed by atoms with E-state index < -0.39 is 0 Å². The standard InChI is InChI=1S/C13H16BrNO2/c1-13(2)10(7-11(13)16)15-12(17)8-3-5-9(14)6-4-8/h3-6,10-11,16H,7H2,1-2H3,(H,15,17). The van der Waals surface area contributed by atoms with Crippen molar-refractivity contribution in [2.75, 3.05) is 0 Å². The largest absolute Gasteiger partial charge is 0.392 e. The van der Waals surface area contributed by atoms with E-state index in [-0.39, 0.29) is 23.5 Å². The number of nitrogens with one attached hydrogen (secondary N) is 1. The fourth-order valence-corrected chi connectivity index (χ4v) is 2.25. The number of carbonyl (C=O) groups is 1. The lowest BCUT2D eigenvalue weighted by molar-refractivity contribution is -0.0689. The van der Waals surface area contributed by atoms with Gasteiger partial charge in [0.2, 0.25) is 0 Å². The zero-order chi connectivity index (χ0) is 12.6. The fourth-order valence-electron chi connectivity index (χ4n) is 1.99. The van der Waals surface area contributed by atoms with Crippen molar-refractivity contribution in [1.82, 2.24) is 5.32 Å². The maximum absolute atomic E-state index is 11.9. The van der Waals surface area contributed by atoms with Gasteiger partial charge in [-0.15, -0.1) is 0 Å². The SMILES string of the molecule is CC1(C)C(O)CC1NC(=O)c1ccc(Br)cc1. The van der Waals surface area contributed by atoms with Crippen molar-refractivity contribution in [2.24, 2.45) is 5.41 Å². The van der Waals surface area contributed by atoms with Crippen LogP contribution in [0.25, 0.3) is 0 Å². The van der Waals surface area contributed by atoms with E-state index in [1.54, 1.807) is 12.1 Å². The third-order valence-electron chi connectivity index (χ3n) is 3.63. The smallest absolute Gasteiger partial charge is 0.251 e. The molecule has 2 N–H and O–H groups in total. The molecule has 0 radical (unpaired) electrons. The molecule has 2 rings (SSSR count). The first-order valence-corrected chi connectivity index (χ1v) is 6.45. The molecule has 2 unspecified atom stereocenters. The van der Waals surface area contributed by atoms with Gasteiger partial charge < -0.3 is 10.4 Å². The van der Waals surface area contributed by atoms with Crippen LogP contribution in [0.3, 0.4) is 0 Å². The third kappa shape index (κ3) is 2.38. The maximum atomic E-state index is 11.9. The van der Waals surface area contributed by atoms with Crippen LogP contribution in [0.4, 0.5) is 0 Å². The van der Waals surface area contributed by atoms with Crippen LogP contribution in [0, 0.1) is 5.41 Å². The molecule has 1 aromatic rings. The molecule has 17 heavy (non-hydrogen) atoms. The van der Waals surface area contributed by atoms with Crippen molar-refractivity contribution in [1.29, 1.82) is 0 Å². The molecule has 0 aromatic heterocycles. The molecule has 0 aliphatic heterocycles. The highest BCUT2D eigenvalue weighted by atomic mass is 79.9. The molecule has 0 spiro atoms. The number of hydrogen-bond acceptors (Lipinski definition) is 2. The first-order chi connectivity index (χ1) is 7.91. The van der Waals surface area contributed by atoms with Gasteiger partial charge in [-0.1, -0.05) is 29.8 Å². The molecule has 1 aromatic carbocycles. The molecular formula is C13H16BrNO2. The van der Waals surface area contributed by atoms with Crippen molar-refractivity contribution in [3.05, 3.63) is 34.3 Å². The van der Waals surface area contributed by atoms with Crippen molar-refractivity contribution < 1.29 is 9.90 Å². The van der Waals surface area contributed by atoms with Crippen molar-refractivity contribution in [3.8, 4) is 0 Å². The quantitative estimate of drug-likeness (QED) is 0.880. The normalized spacial score (nSPS) is 26.1. The minimum Gasteiger partial charge on any atom is -0.392 e. The summed E-state index contributed by atoms with van der Waals surface area (Å²) >= 11 is 3.33. The number of amides is 1. The summed E-state index contributed by atoms with van der Waals surface area (Å²) in [7, 11) is 0.